The van der Waals surface area contributed by atoms with Gasteiger partial charge in [-0.2, -0.15) is 0 Å². The van der Waals surface area contributed by atoms with E-state index >= 15 is 0 Å². The maximum atomic E-state index is 5.30. The molecule has 21 heavy (non-hydrogen) atoms. The van der Waals surface area contributed by atoms with Crippen molar-refractivity contribution >= 4 is 17.3 Å². The van der Waals surface area contributed by atoms with E-state index in [1.54, 1.807) is 11.9 Å². The lowest BCUT2D eigenvalue weighted by molar-refractivity contribution is 0.152. The van der Waals surface area contributed by atoms with Crippen molar-refractivity contribution in [3.63, 3.8) is 0 Å². The second-order valence-corrected chi connectivity index (χ2v) is 6.02. The number of nitrogens with zero attached hydrogens (tertiary/aromatic N) is 2. The molecule has 0 amide bonds. The molecule has 6 heteroatoms. The molecule has 0 aromatic carbocycles. The monoisotopic (exact) mass is 310 g/mol. The molecule has 0 atom stereocenters. The highest BCUT2D eigenvalue weighted by molar-refractivity contribution is 7.10. The van der Waals surface area contributed by atoms with Gasteiger partial charge in [0.1, 0.15) is 0 Å². The number of nitrogens with one attached hydrogen (secondary N) is 2. The highest BCUT2D eigenvalue weighted by Crippen LogP contribution is 2.23. The van der Waals surface area contributed by atoms with Crippen LogP contribution in [0, 0.1) is 0 Å². The highest BCUT2D eigenvalue weighted by Gasteiger charge is 2.16. The molecule has 0 aliphatic carbocycles. The van der Waals surface area contributed by atoms with Gasteiger partial charge in [-0.25, -0.2) is 0 Å². The Morgan fingerprint density at radius 1 is 1.43 bits per heavy atom. The zero-order chi connectivity index (χ0) is 14.9. The Hall–Kier alpha value is -1.11. The zero-order valence-corrected chi connectivity index (χ0v) is 13.8. The van der Waals surface area contributed by atoms with Crippen molar-refractivity contribution in [2.24, 2.45) is 4.99 Å². The van der Waals surface area contributed by atoms with Gasteiger partial charge in [-0.1, -0.05) is 0 Å². The maximum absolute atomic E-state index is 5.30. The van der Waals surface area contributed by atoms with Gasteiger partial charge < -0.3 is 15.4 Å². The van der Waals surface area contributed by atoms with Crippen LogP contribution in [0.1, 0.15) is 17.4 Å². The lowest BCUT2D eigenvalue weighted by Crippen LogP contribution is -2.43. The maximum Gasteiger partial charge on any atom is 0.191 e. The SMILES string of the molecule is CCOCCNC(=NC)NCCN1CCc2sccc2C1. The molecule has 0 unspecified atom stereocenters. The zero-order valence-electron chi connectivity index (χ0n) is 13.0. The van der Waals surface area contributed by atoms with E-state index in [4.69, 9.17) is 4.74 Å². The van der Waals surface area contributed by atoms with Crippen molar-refractivity contribution in [1.29, 1.82) is 0 Å². The number of rotatable bonds is 7. The smallest absolute Gasteiger partial charge is 0.191 e. The van der Waals surface area contributed by atoms with Crippen molar-refractivity contribution in [3.8, 4) is 0 Å². The van der Waals surface area contributed by atoms with Crippen LogP contribution < -0.4 is 10.6 Å². The van der Waals surface area contributed by atoms with Gasteiger partial charge in [0.25, 0.3) is 0 Å². The van der Waals surface area contributed by atoms with Crippen LogP contribution in [0.5, 0.6) is 0 Å². The molecule has 2 rings (SSSR count). The van der Waals surface area contributed by atoms with Crippen molar-refractivity contribution in [2.45, 2.75) is 19.9 Å². The van der Waals surface area contributed by atoms with E-state index in [1.807, 2.05) is 18.3 Å². The van der Waals surface area contributed by atoms with Crippen LogP contribution in [0.3, 0.4) is 0 Å². The van der Waals surface area contributed by atoms with Crippen LogP contribution >= 0.6 is 11.3 Å². The van der Waals surface area contributed by atoms with Gasteiger partial charge >= 0.3 is 0 Å². The lowest BCUT2D eigenvalue weighted by atomic mass is 10.1. The molecule has 2 N–H and O–H groups in total. The van der Waals surface area contributed by atoms with Crippen LogP contribution in [0.25, 0.3) is 0 Å². The van der Waals surface area contributed by atoms with Crippen LogP contribution in [0.2, 0.25) is 0 Å². The summed E-state index contributed by atoms with van der Waals surface area (Å²) in [6.45, 7) is 8.45. The van der Waals surface area contributed by atoms with Crippen molar-refractivity contribution < 1.29 is 4.74 Å². The second kappa shape index (κ2) is 9.02. The number of fused-ring (bicyclic) bond motifs is 1. The summed E-state index contributed by atoms with van der Waals surface area (Å²) in [7, 11) is 1.80. The topological polar surface area (TPSA) is 48.9 Å². The summed E-state index contributed by atoms with van der Waals surface area (Å²) in [6.07, 6.45) is 1.19. The van der Waals surface area contributed by atoms with Gasteiger partial charge in [0.2, 0.25) is 0 Å². The van der Waals surface area contributed by atoms with Crippen molar-refractivity contribution in [3.05, 3.63) is 21.9 Å². The molecule has 118 valence electrons. The average molecular weight is 310 g/mol. The van der Waals surface area contributed by atoms with Gasteiger partial charge in [0.05, 0.1) is 6.61 Å². The van der Waals surface area contributed by atoms with Crippen LogP contribution in [-0.4, -0.2) is 57.3 Å². The molecule has 0 radical (unpaired) electrons. The molecule has 0 spiro atoms. The summed E-state index contributed by atoms with van der Waals surface area (Å²) in [5.41, 5.74) is 1.51. The number of thiophene rings is 1. The van der Waals surface area contributed by atoms with Gasteiger partial charge in [-0.3, -0.25) is 9.89 Å². The van der Waals surface area contributed by atoms with E-state index in [1.165, 1.54) is 12.0 Å². The minimum Gasteiger partial charge on any atom is -0.380 e. The third kappa shape index (κ3) is 5.30. The lowest BCUT2D eigenvalue weighted by Gasteiger charge is -2.27. The van der Waals surface area contributed by atoms with E-state index in [-0.39, 0.29) is 0 Å². The number of ether oxygens (including phenoxy) is 1. The molecule has 2 heterocycles. The Kier molecular flexibility index (Phi) is 6.99. The molecule has 1 aromatic heterocycles. The molecule has 0 bridgehead atoms. The van der Waals surface area contributed by atoms with Gasteiger partial charge in [-0.15, -0.1) is 11.3 Å². The Labute approximate surface area is 131 Å². The number of hydrogen-bond acceptors (Lipinski definition) is 4. The largest absolute Gasteiger partial charge is 0.380 e. The minimum absolute atomic E-state index is 0.713. The molecule has 1 aliphatic heterocycles. The molecule has 0 saturated carbocycles. The summed E-state index contributed by atoms with van der Waals surface area (Å²) in [6, 6.07) is 2.26. The van der Waals surface area contributed by atoms with E-state index in [0.29, 0.717) is 6.61 Å². The first-order valence-corrected chi connectivity index (χ1v) is 8.51. The Morgan fingerprint density at radius 3 is 3.10 bits per heavy atom. The molecule has 0 fully saturated rings. The number of aliphatic imine (C=N–C) groups is 1. The fourth-order valence-corrected chi connectivity index (χ4v) is 3.33. The highest BCUT2D eigenvalue weighted by atomic mass is 32.1. The normalized spacial score (nSPS) is 15.8. The van der Waals surface area contributed by atoms with E-state index < -0.39 is 0 Å². The van der Waals surface area contributed by atoms with Crippen LogP contribution in [0.4, 0.5) is 0 Å². The average Bonchev–Trinajstić information content (AvgIpc) is 2.97. The van der Waals surface area contributed by atoms with E-state index in [9.17, 15) is 0 Å². The van der Waals surface area contributed by atoms with Gasteiger partial charge in [0.15, 0.2) is 5.96 Å². The summed E-state index contributed by atoms with van der Waals surface area (Å²) < 4.78 is 5.30. The fourth-order valence-electron chi connectivity index (χ4n) is 2.44. The molecule has 1 aliphatic rings. The molecule has 0 saturated heterocycles. The standard InChI is InChI=1S/C15H26N4OS/c1-3-20-10-7-18-15(16-2)17-6-9-19-8-4-14-13(12-19)5-11-21-14/h5,11H,3-4,6-10,12H2,1-2H3,(H2,16,17,18). The van der Waals surface area contributed by atoms with Crippen molar-refractivity contribution in [1.82, 2.24) is 15.5 Å². The quantitative estimate of drug-likeness (QED) is 0.453. The summed E-state index contributed by atoms with van der Waals surface area (Å²) in [5, 5.41) is 8.81. The van der Waals surface area contributed by atoms with E-state index in [2.05, 4.69) is 32.0 Å². The molecular weight excluding hydrogens is 284 g/mol. The third-order valence-corrected chi connectivity index (χ3v) is 4.60. The second-order valence-electron chi connectivity index (χ2n) is 5.02. The van der Waals surface area contributed by atoms with Gasteiger partial charge in [0, 0.05) is 51.3 Å². The van der Waals surface area contributed by atoms with Crippen LogP contribution in [-0.2, 0) is 17.7 Å². The predicted octanol–water partition coefficient (Wildman–Crippen LogP) is 1.31. The summed E-state index contributed by atoms with van der Waals surface area (Å²) in [4.78, 5) is 8.28. The Bertz CT molecular complexity index is 447. The van der Waals surface area contributed by atoms with E-state index in [0.717, 1.165) is 45.3 Å². The first-order chi connectivity index (χ1) is 10.3. The number of hydrogen-bond donors (Lipinski definition) is 2. The fraction of sp³-hybridized carbons (Fsp3) is 0.667. The molecule has 5 nitrogen and oxygen atoms in total. The summed E-state index contributed by atoms with van der Waals surface area (Å²) >= 11 is 1.89. The predicted molar refractivity (Wildman–Crippen MR) is 89.2 cm³/mol. The Balaban J connectivity index is 1.62. The first-order valence-electron chi connectivity index (χ1n) is 7.63. The van der Waals surface area contributed by atoms with Crippen LogP contribution in [0.15, 0.2) is 16.4 Å². The molecular formula is C15H26N4OS. The van der Waals surface area contributed by atoms with Gasteiger partial charge in [-0.05, 0) is 30.4 Å². The molecule has 1 aromatic rings. The Morgan fingerprint density at radius 2 is 2.29 bits per heavy atom. The minimum atomic E-state index is 0.713. The third-order valence-electron chi connectivity index (χ3n) is 3.57. The first kappa shape index (κ1) is 16.3. The summed E-state index contributed by atoms with van der Waals surface area (Å²) in [5.74, 6) is 0.850. The van der Waals surface area contributed by atoms with Crippen molar-refractivity contribution in [2.75, 3.05) is 46.4 Å². The number of guanidine groups is 1.